The Hall–Kier alpha value is -4.45. The predicted octanol–water partition coefficient (Wildman–Crippen LogP) is 5.82. The Bertz CT molecular complexity index is 1340. The summed E-state index contributed by atoms with van der Waals surface area (Å²) in [5.74, 6) is -0.854. The third kappa shape index (κ3) is 6.61. The number of aromatic nitrogens is 1. The van der Waals surface area contributed by atoms with Gasteiger partial charge in [0.15, 0.2) is 6.10 Å². The van der Waals surface area contributed by atoms with Gasteiger partial charge in [-0.05, 0) is 93.9 Å². The first-order valence-electron chi connectivity index (χ1n) is 11.5. The van der Waals surface area contributed by atoms with Crippen LogP contribution in [0.2, 0.25) is 0 Å². The van der Waals surface area contributed by atoms with E-state index in [0.717, 1.165) is 22.8 Å². The zero-order valence-corrected chi connectivity index (χ0v) is 20.8. The van der Waals surface area contributed by atoms with Crippen LogP contribution in [0.3, 0.4) is 0 Å². The van der Waals surface area contributed by atoms with Gasteiger partial charge < -0.3 is 18.8 Å². The van der Waals surface area contributed by atoms with Gasteiger partial charge in [0.05, 0.1) is 6.61 Å². The van der Waals surface area contributed by atoms with Crippen molar-refractivity contribution in [1.29, 1.82) is 5.26 Å². The van der Waals surface area contributed by atoms with Crippen molar-refractivity contribution in [2.45, 2.75) is 40.4 Å². The third-order valence-corrected chi connectivity index (χ3v) is 5.53. The normalized spacial score (nSPS) is 12.1. The van der Waals surface area contributed by atoms with Crippen molar-refractivity contribution in [2.24, 2.45) is 0 Å². The highest BCUT2D eigenvalue weighted by Gasteiger charge is 2.23. The van der Waals surface area contributed by atoms with Crippen LogP contribution < -0.4 is 9.47 Å². The van der Waals surface area contributed by atoms with E-state index in [0.29, 0.717) is 12.2 Å². The minimum Gasteiger partial charge on any atom is -0.494 e. The molecule has 0 aliphatic heterocycles. The number of hydrogen-bond donors (Lipinski definition) is 0. The van der Waals surface area contributed by atoms with E-state index in [2.05, 4.69) is 4.74 Å². The molecule has 0 radical (unpaired) electrons. The standard InChI is InChI=1S/C28H26F2N2O5/c1-5-35-24-12-8-23(9-13-24)32-17(2)14-21(18(32)3)15-22(16-31)27(34)36-19(4)26(33)20-6-10-25(11-7-20)37-28(29)30/h6-15,19,28H,5H2,1-4H3/b22-15+. The summed E-state index contributed by atoms with van der Waals surface area (Å²) in [5, 5.41) is 9.59. The summed E-state index contributed by atoms with van der Waals surface area (Å²) in [6.07, 6.45) is 0.214. The summed E-state index contributed by atoms with van der Waals surface area (Å²) in [5.41, 5.74) is 3.10. The molecule has 3 rings (SSSR count). The van der Waals surface area contributed by atoms with Crippen molar-refractivity contribution in [3.63, 3.8) is 0 Å². The SMILES string of the molecule is CCOc1ccc(-n2c(C)cc(/C=C(\C#N)C(=O)OC(C)C(=O)c3ccc(OC(F)F)cc3)c2C)cc1. The fourth-order valence-corrected chi connectivity index (χ4v) is 3.79. The highest BCUT2D eigenvalue weighted by Crippen LogP contribution is 2.25. The van der Waals surface area contributed by atoms with Crippen molar-refractivity contribution in [3.8, 4) is 23.3 Å². The molecule has 0 bridgehead atoms. The number of nitrogens with zero attached hydrogens (tertiary/aromatic N) is 2. The molecule has 1 heterocycles. The maximum atomic E-state index is 12.7. The molecule has 0 spiro atoms. The van der Waals surface area contributed by atoms with Crippen molar-refractivity contribution in [3.05, 3.63) is 82.7 Å². The van der Waals surface area contributed by atoms with E-state index in [1.165, 1.54) is 37.3 Å². The lowest BCUT2D eigenvalue weighted by Crippen LogP contribution is -2.25. The average molecular weight is 509 g/mol. The monoisotopic (exact) mass is 508 g/mol. The molecule has 0 fully saturated rings. The molecule has 2 aromatic carbocycles. The van der Waals surface area contributed by atoms with Crippen LogP contribution in [-0.2, 0) is 9.53 Å². The number of Topliss-reactive ketones (excluding diaryl/α,β-unsaturated/α-hetero) is 1. The minimum absolute atomic E-state index is 0.103. The molecule has 0 aliphatic rings. The molecule has 3 aromatic rings. The van der Waals surface area contributed by atoms with E-state index in [9.17, 15) is 23.6 Å². The Balaban J connectivity index is 1.76. The number of carbonyl (C=O) groups excluding carboxylic acids is 2. The van der Waals surface area contributed by atoms with Crippen LogP contribution in [0.25, 0.3) is 11.8 Å². The van der Waals surface area contributed by atoms with Gasteiger partial charge in [-0.2, -0.15) is 14.0 Å². The number of carbonyl (C=O) groups is 2. The topological polar surface area (TPSA) is 90.5 Å². The van der Waals surface area contributed by atoms with Gasteiger partial charge in [0.1, 0.15) is 23.1 Å². The Labute approximate surface area is 213 Å². The molecule has 1 unspecified atom stereocenters. The Morgan fingerprint density at radius 2 is 1.68 bits per heavy atom. The molecule has 0 aliphatic carbocycles. The van der Waals surface area contributed by atoms with Crippen LogP contribution in [0.1, 0.15) is 41.2 Å². The van der Waals surface area contributed by atoms with Crippen molar-refractivity contribution in [1.82, 2.24) is 4.57 Å². The van der Waals surface area contributed by atoms with Crippen molar-refractivity contribution in [2.75, 3.05) is 6.61 Å². The van der Waals surface area contributed by atoms with Crippen LogP contribution in [0, 0.1) is 25.2 Å². The Kier molecular flexibility index (Phi) is 8.80. The summed E-state index contributed by atoms with van der Waals surface area (Å²) in [4.78, 5) is 25.3. The summed E-state index contributed by atoms with van der Waals surface area (Å²) < 4.78 is 41.6. The van der Waals surface area contributed by atoms with Crippen LogP contribution in [0.4, 0.5) is 8.78 Å². The highest BCUT2D eigenvalue weighted by atomic mass is 19.3. The number of rotatable bonds is 10. The quantitative estimate of drug-likeness (QED) is 0.148. The number of ketones is 1. The van der Waals surface area contributed by atoms with Gasteiger partial charge in [0, 0.05) is 22.6 Å². The number of aryl methyl sites for hydroxylation is 1. The molecule has 1 atom stereocenters. The van der Waals surface area contributed by atoms with Crippen LogP contribution in [0.15, 0.2) is 60.2 Å². The zero-order valence-electron chi connectivity index (χ0n) is 20.8. The summed E-state index contributed by atoms with van der Waals surface area (Å²) >= 11 is 0. The first-order valence-corrected chi connectivity index (χ1v) is 11.5. The molecule has 0 N–H and O–H groups in total. The Morgan fingerprint density at radius 1 is 1.05 bits per heavy atom. The molecule has 1 aromatic heterocycles. The largest absolute Gasteiger partial charge is 0.494 e. The smallest absolute Gasteiger partial charge is 0.387 e. The lowest BCUT2D eigenvalue weighted by molar-refractivity contribution is -0.141. The molecule has 192 valence electrons. The summed E-state index contributed by atoms with van der Waals surface area (Å²) in [6.45, 7) is 4.63. The molecular formula is C28H26F2N2O5. The first-order chi connectivity index (χ1) is 17.6. The third-order valence-electron chi connectivity index (χ3n) is 5.53. The number of benzene rings is 2. The lowest BCUT2D eigenvalue weighted by Gasteiger charge is -2.13. The number of halogens is 2. The summed E-state index contributed by atoms with van der Waals surface area (Å²) in [7, 11) is 0. The van der Waals surface area contributed by atoms with Gasteiger partial charge in [0.25, 0.3) is 0 Å². The molecular weight excluding hydrogens is 482 g/mol. The van der Waals surface area contributed by atoms with Gasteiger partial charge in [-0.25, -0.2) is 4.79 Å². The van der Waals surface area contributed by atoms with Gasteiger partial charge in [-0.3, -0.25) is 4.79 Å². The minimum atomic E-state index is -2.98. The van der Waals surface area contributed by atoms with Crippen molar-refractivity contribution >= 4 is 17.8 Å². The van der Waals surface area contributed by atoms with E-state index in [-0.39, 0.29) is 16.9 Å². The molecule has 7 nitrogen and oxygen atoms in total. The number of hydrogen-bond acceptors (Lipinski definition) is 6. The van der Waals surface area contributed by atoms with Crippen LogP contribution in [0.5, 0.6) is 11.5 Å². The molecule has 0 saturated heterocycles. The van der Waals surface area contributed by atoms with E-state index in [1.54, 1.807) is 0 Å². The van der Waals surface area contributed by atoms with Gasteiger partial charge in [0.2, 0.25) is 5.78 Å². The molecule has 0 amide bonds. The van der Waals surface area contributed by atoms with Gasteiger partial charge in [-0.1, -0.05) is 0 Å². The fraction of sp³-hybridized carbons (Fsp3) is 0.250. The second-order valence-electron chi connectivity index (χ2n) is 8.07. The highest BCUT2D eigenvalue weighted by molar-refractivity contribution is 6.03. The van der Waals surface area contributed by atoms with Gasteiger partial charge >= 0.3 is 12.6 Å². The summed E-state index contributed by atoms with van der Waals surface area (Å²) in [6, 6.07) is 16.3. The van der Waals surface area contributed by atoms with E-state index >= 15 is 0 Å². The van der Waals surface area contributed by atoms with E-state index in [1.807, 2.05) is 61.7 Å². The van der Waals surface area contributed by atoms with Gasteiger partial charge in [-0.15, -0.1) is 0 Å². The van der Waals surface area contributed by atoms with Crippen LogP contribution in [-0.4, -0.2) is 35.6 Å². The average Bonchev–Trinajstić information content (AvgIpc) is 3.15. The van der Waals surface area contributed by atoms with E-state index < -0.39 is 24.5 Å². The fourth-order valence-electron chi connectivity index (χ4n) is 3.79. The first kappa shape index (κ1) is 27.1. The molecule has 37 heavy (non-hydrogen) atoms. The zero-order chi connectivity index (χ0) is 27.1. The second-order valence-corrected chi connectivity index (χ2v) is 8.07. The predicted molar refractivity (Wildman–Crippen MR) is 133 cm³/mol. The number of nitriles is 1. The number of esters is 1. The molecule has 9 heteroatoms. The Morgan fingerprint density at radius 3 is 2.24 bits per heavy atom. The van der Waals surface area contributed by atoms with Crippen LogP contribution >= 0.6 is 0 Å². The maximum absolute atomic E-state index is 12.7. The van der Waals surface area contributed by atoms with E-state index in [4.69, 9.17) is 9.47 Å². The maximum Gasteiger partial charge on any atom is 0.387 e. The second kappa shape index (κ2) is 12.0. The number of alkyl halides is 2. The lowest BCUT2D eigenvalue weighted by atomic mass is 10.1. The number of ether oxygens (including phenoxy) is 3. The van der Waals surface area contributed by atoms with Crippen molar-refractivity contribution < 1.29 is 32.6 Å². The molecule has 0 saturated carbocycles.